The molecule has 0 radical (unpaired) electrons. The van der Waals surface area contributed by atoms with Gasteiger partial charge >= 0.3 is 0 Å². The molecule has 16 heavy (non-hydrogen) atoms. The molecule has 0 aliphatic heterocycles. The third-order valence-electron chi connectivity index (χ3n) is 2.02. The van der Waals surface area contributed by atoms with Crippen LogP contribution in [0.4, 0.5) is 0 Å². The van der Waals surface area contributed by atoms with Crippen molar-refractivity contribution < 1.29 is 9.26 Å². The van der Waals surface area contributed by atoms with Crippen molar-refractivity contribution in [3.8, 4) is 11.9 Å². The Hall–Kier alpha value is -2.28. The monoisotopic (exact) mass is 214 g/mol. The second kappa shape index (κ2) is 4.99. The van der Waals surface area contributed by atoms with E-state index in [0.717, 1.165) is 5.56 Å². The number of benzene rings is 1. The standard InChI is InChI=1S/C12H10N2O2/c13-7-6-11-8-12(14-16-11)15-9-10-4-2-1-3-5-10/h1-5,8H,6,9H2. The van der Waals surface area contributed by atoms with Crippen LogP contribution >= 0.6 is 0 Å². The van der Waals surface area contributed by atoms with Gasteiger partial charge in [0.1, 0.15) is 6.61 Å². The first-order chi connectivity index (χ1) is 7.88. The van der Waals surface area contributed by atoms with Gasteiger partial charge in [-0.25, -0.2) is 0 Å². The van der Waals surface area contributed by atoms with Crippen molar-refractivity contribution in [2.75, 3.05) is 0 Å². The zero-order valence-electron chi connectivity index (χ0n) is 8.59. The maximum Gasteiger partial charge on any atom is 0.254 e. The summed E-state index contributed by atoms with van der Waals surface area (Å²) in [4.78, 5) is 0. The first-order valence-electron chi connectivity index (χ1n) is 4.88. The van der Waals surface area contributed by atoms with Gasteiger partial charge in [0, 0.05) is 6.07 Å². The van der Waals surface area contributed by atoms with Crippen LogP contribution in [0.3, 0.4) is 0 Å². The van der Waals surface area contributed by atoms with Crippen molar-refractivity contribution in [1.82, 2.24) is 5.16 Å². The van der Waals surface area contributed by atoms with E-state index in [4.69, 9.17) is 14.5 Å². The maximum absolute atomic E-state index is 8.46. The van der Waals surface area contributed by atoms with Gasteiger partial charge in [0.15, 0.2) is 5.76 Å². The summed E-state index contributed by atoms with van der Waals surface area (Å²) in [6, 6.07) is 13.4. The van der Waals surface area contributed by atoms with Gasteiger partial charge in [-0.2, -0.15) is 5.26 Å². The van der Waals surface area contributed by atoms with Crippen LogP contribution in [0.25, 0.3) is 0 Å². The van der Waals surface area contributed by atoms with Crippen molar-refractivity contribution in [2.45, 2.75) is 13.0 Å². The Morgan fingerprint density at radius 3 is 2.88 bits per heavy atom. The Morgan fingerprint density at radius 1 is 1.31 bits per heavy atom. The topological polar surface area (TPSA) is 59.0 Å². The van der Waals surface area contributed by atoms with E-state index < -0.39 is 0 Å². The lowest BCUT2D eigenvalue weighted by molar-refractivity contribution is 0.267. The molecule has 1 heterocycles. The highest BCUT2D eigenvalue weighted by atomic mass is 16.5. The number of ether oxygens (including phenoxy) is 1. The van der Waals surface area contributed by atoms with E-state index in [1.807, 2.05) is 36.4 Å². The molecule has 0 bridgehead atoms. The van der Waals surface area contributed by atoms with E-state index in [0.29, 0.717) is 18.2 Å². The largest absolute Gasteiger partial charge is 0.471 e. The summed E-state index contributed by atoms with van der Waals surface area (Å²) in [6.45, 7) is 0.444. The van der Waals surface area contributed by atoms with Gasteiger partial charge in [0.05, 0.1) is 12.5 Å². The van der Waals surface area contributed by atoms with Gasteiger partial charge in [-0.1, -0.05) is 30.3 Å². The molecule has 0 aliphatic rings. The lowest BCUT2D eigenvalue weighted by atomic mass is 10.2. The zero-order chi connectivity index (χ0) is 11.2. The minimum absolute atomic E-state index is 0.210. The summed E-state index contributed by atoms with van der Waals surface area (Å²) < 4.78 is 10.3. The van der Waals surface area contributed by atoms with Crippen LogP contribution in [-0.4, -0.2) is 5.16 Å². The van der Waals surface area contributed by atoms with E-state index in [-0.39, 0.29) is 6.42 Å². The predicted molar refractivity (Wildman–Crippen MR) is 56.6 cm³/mol. The van der Waals surface area contributed by atoms with Crippen LogP contribution < -0.4 is 4.74 Å². The molecule has 1 aromatic carbocycles. The van der Waals surface area contributed by atoms with E-state index in [1.54, 1.807) is 6.07 Å². The molecule has 0 saturated carbocycles. The Kier molecular flexibility index (Phi) is 3.19. The minimum atomic E-state index is 0.210. The van der Waals surface area contributed by atoms with Gasteiger partial charge in [0.2, 0.25) is 0 Å². The van der Waals surface area contributed by atoms with E-state index >= 15 is 0 Å². The van der Waals surface area contributed by atoms with Crippen molar-refractivity contribution in [3.05, 3.63) is 47.7 Å². The normalized spacial score (nSPS) is 9.69. The van der Waals surface area contributed by atoms with Gasteiger partial charge in [0.25, 0.3) is 5.88 Å². The number of hydrogen-bond acceptors (Lipinski definition) is 4. The first kappa shape index (κ1) is 10.2. The fourth-order valence-electron chi connectivity index (χ4n) is 1.25. The third kappa shape index (κ3) is 2.61. The molecule has 2 aromatic rings. The molecule has 2 rings (SSSR count). The summed E-state index contributed by atoms with van der Waals surface area (Å²) in [5.41, 5.74) is 1.06. The number of rotatable bonds is 4. The summed E-state index contributed by atoms with van der Waals surface area (Å²) in [5.74, 6) is 0.930. The first-order valence-corrected chi connectivity index (χ1v) is 4.88. The number of nitrogens with zero attached hydrogens (tertiary/aromatic N) is 2. The van der Waals surface area contributed by atoms with Gasteiger partial charge in [-0.05, 0) is 10.7 Å². The van der Waals surface area contributed by atoms with Crippen LogP contribution in [0.2, 0.25) is 0 Å². The second-order valence-corrected chi connectivity index (χ2v) is 3.24. The maximum atomic E-state index is 8.46. The molecule has 0 aliphatic carbocycles. The molecule has 4 nitrogen and oxygen atoms in total. The molecule has 0 unspecified atom stereocenters. The highest BCUT2D eigenvalue weighted by Crippen LogP contribution is 2.13. The molecule has 0 spiro atoms. The molecular weight excluding hydrogens is 204 g/mol. The SMILES string of the molecule is N#CCc1cc(OCc2ccccc2)no1. The quantitative estimate of drug-likeness (QED) is 0.783. The van der Waals surface area contributed by atoms with Crippen LogP contribution in [0.15, 0.2) is 40.9 Å². The minimum Gasteiger partial charge on any atom is -0.471 e. The number of aromatic nitrogens is 1. The van der Waals surface area contributed by atoms with Crippen molar-refractivity contribution >= 4 is 0 Å². The smallest absolute Gasteiger partial charge is 0.254 e. The molecular formula is C12H10N2O2. The van der Waals surface area contributed by atoms with E-state index in [1.165, 1.54) is 0 Å². The molecule has 0 N–H and O–H groups in total. The third-order valence-corrected chi connectivity index (χ3v) is 2.02. The summed E-state index contributed by atoms with van der Waals surface area (Å²) in [5, 5.41) is 12.2. The fraction of sp³-hybridized carbons (Fsp3) is 0.167. The predicted octanol–water partition coefficient (Wildman–Crippen LogP) is 2.32. The van der Waals surface area contributed by atoms with Crippen LogP contribution in [0, 0.1) is 11.3 Å². The lowest BCUT2D eigenvalue weighted by Crippen LogP contribution is -1.94. The van der Waals surface area contributed by atoms with E-state index in [9.17, 15) is 0 Å². The number of hydrogen-bond donors (Lipinski definition) is 0. The molecule has 1 aromatic heterocycles. The highest BCUT2D eigenvalue weighted by molar-refractivity contribution is 5.17. The zero-order valence-corrected chi connectivity index (χ0v) is 8.59. The van der Waals surface area contributed by atoms with Crippen LogP contribution in [0.1, 0.15) is 11.3 Å². The van der Waals surface area contributed by atoms with Gasteiger partial charge in [-0.15, -0.1) is 0 Å². The lowest BCUT2D eigenvalue weighted by Gasteiger charge is -2.00. The Morgan fingerprint density at radius 2 is 2.12 bits per heavy atom. The summed E-state index contributed by atoms with van der Waals surface area (Å²) in [7, 11) is 0. The highest BCUT2D eigenvalue weighted by Gasteiger charge is 2.04. The fourth-order valence-corrected chi connectivity index (χ4v) is 1.25. The molecule has 0 fully saturated rings. The average Bonchev–Trinajstić information content (AvgIpc) is 2.76. The Balaban J connectivity index is 1.93. The molecule has 80 valence electrons. The Labute approximate surface area is 93.1 Å². The van der Waals surface area contributed by atoms with Crippen molar-refractivity contribution in [3.63, 3.8) is 0 Å². The van der Waals surface area contributed by atoms with Crippen LogP contribution in [0.5, 0.6) is 5.88 Å². The molecule has 0 amide bonds. The Bertz CT molecular complexity index is 485. The van der Waals surface area contributed by atoms with Crippen molar-refractivity contribution in [1.29, 1.82) is 5.26 Å². The summed E-state index contributed by atoms with van der Waals surface area (Å²) >= 11 is 0. The molecule has 4 heteroatoms. The van der Waals surface area contributed by atoms with Gasteiger partial charge in [-0.3, -0.25) is 0 Å². The van der Waals surface area contributed by atoms with Crippen LogP contribution in [-0.2, 0) is 13.0 Å². The van der Waals surface area contributed by atoms with E-state index in [2.05, 4.69) is 5.16 Å². The second-order valence-electron chi connectivity index (χ2n) is 3.24. The summed E-state index contributed by atoms with van der Waals surface area (Å²) in [6.07, 6.45) is 0.210. The van der Waals surface area contributed by atoms with Gasteiger partial charge < -0.3 is 9.26 Å². The number of nitriles is 1. The molecule has 0 atom stereocenters. The molecule has 0 saturated heterocycles. The average molecular weight is 214 g/mol. The van der Waals surface area contributed by atoms with Crippen molar-refractivity contribution in [2.24, 2.45) is 0 Å².